The lowest BCUT2D eigenvalue weighted by molar-refractivity contribution is -0.148. The Morgan fingerprint density at radius 1 is 1.08 bits per heavy atom. The number of hydrogen-bond acceptors (Lipinski definition) is 4. The van der Waals surface area contributed by atoms with Gasteiger partial charge in [-0.2, -0.15) is 0 Å². The fourth-order valence-electron chi connectivity index (χ4n) is 3.18. The Labute approximate surface area is 144 Å². The normalized spacial score (nSPS) is 24.3. The van der Waals surface area contributed by atoms with E-state index in [4.69, 9.17) is 14.2 Å². The van der Waals surface area contributed by atoms with Gasteiger partial charge in [0.2, 0.25) is 0 Å². The molecule has 0 radical (unpaired) electrons. The summed E-state index contributed by atoms with van der Waals surface area (Å²) in [6, 6.07) is 8.66. The van der Waals surface area contributed by atoms with Gasteiger partial charge in [-0.05, 0) is 49.7 Å². The van der Waals surface area contributed by atoms with Crippen molar-refractivity contribution >= 4 is 5.69 Å². The lowest BCUT2D eigenvalue weighted by Crippen LogP contribution is -2.42. The zero-order valence-electron chi connectivity index (χ0n) is 14.0. The maximum atomic E-state index is 14.0. The Morgan fingerprint density at radius 2 is 1.92 bits per heavy atom. The summed E-state index contributed by atoms with van der Waals surface area (Å²) in [5.74, 6) is -0.883. The first-order valence-electron chi connectivity index (χ1n) is 8.23. The Bertz CT molecular complexity index is 809. The first-order valence-corrected chi connectivity index (χ1v) is 8.23. The molecule has 2 aliphatic heterocycles. The lowest BCUT2D eigenvalue weighted by atomic mass is 10.0. The van der Waals surface area contributed by atoms with Gasteiger partial charge < -0.3 is 19.5 Å². The largest absolute Gasteiger partial charge is 0.484 e. The van der Waals surface area contributed by atoms with E-state index in [1.54, 1.807) is 18.2 Å². The van der Waals surface area contributed by atoms with E-state index in [2.05, 4.69) is 5.32 Å². The van der Waals surface area contributed by atoms with Gasteiger partial charge in [-0.1, -0.05) is 6.07 Å². The predicted octanol–water partition coefficient (Wildman–Crippen LogP) is 3.96. The van der Waals surface area contributed by atoms with Crippen LogP contribution < -0.4 is 10.1 Å². The molecule has 1 fully saturated rings. The molecule has 4 rings (SSSR count). The van der Waals surface area contributed by atoms with Crippen molar-refractivity contribution in [1.82, 2.24) is 0 Å². The van der Waals surface area contributed by atoms with E-state index in [9.17, 15) is 8.78 Å². The predicted molar refractivity (Wildman–Crippen MR) is 89.6 cm³/mol. The highest BCUT2D eigenvalue weighted by atomic mass is 19.1. The summed E-state index contributed by atoms with van der Waals surface area (Å²) in [5, 5.41) is 3.28. The van der Waals surface area contributed by atoms with Crippen LogP contribution in [0.15, 0.2) is 36.4 Å². The third-order valence-electron chi connectivity index (χ3n) is 4.44. The van der Waals surface area contributed by atoms with Crippen LogP contribution in [-0.4, -0.2) is 31.1 Å². The van der Waals surface area contributed by atoms with E-state index in [0.29, 0.717) is 24.5 Å². The molecule has 1 N–H and O–H groups in total. The average Bonchev–Trinajstić information content (AvgIpc) is 2.96. The number of halogens is 2. The summed E-state index contributed by atoms with van der Waals surface area (Å²) in [5.41, 5.74) is 1.56. The van der Waals surface area contributed by atoms with Crippen LogP contribution in [0.25, 0.3) is 11.1 Å². The fourth-order valence-corrected chi connectivity index (χ4v) is 3.18. The van der Waals surface area contributed by atoms with Crippen molar-refractivity contribution in [3.8, 4) is 16.9 Å². The summed E-state index contributed by atoms with van der Waals surface area (Å²) in [6.45, 7) is 4.77. The molecule has 1 saturated heterocycles. The van der Waals surface area contributed by atoms with E-state index in [-0.39, 0.29) is 17.8 Å². The van der Waals surface area contributed by atoms with Crippen LogP contribution >= 0.6 is 0 Å². The number of ether oxygens (including phenoxy) is 3. The molecule has 0 aliphatic carbocycles. The van der Waals surface area contributed by atoms with Gasteiger partial charge in [0.15, 0.2) is 5.79 Å². The van der Waals surface area contributed by atoms with Crippen LogP contribution in [0.4, 0.5) is 14.5 Å². The molecule has 25 heavy (non-hydrogen) atoms. The van der Waals surface area contributed by atoms with Crippen LogP contribution in [0.3, 0.4) is 0 Å². The van der Waals surface area contributed by atoms with Gasteiger partial charge in [-0.3, -0.25) is 0 Å². The lowest BCUT2D eigenvalue weighted by Gasteiger charge is -2.31. The van der Waals surface area contributed by atoms with Gasteiger partial charge in [-0.15, -0.1) is 0 Å². The van der Waals surface area contributed by atoms with Crippen molar-refractivity contribution in [2.45, 2.75) is 31.8 Å². The monoisotopic (exact) mass is 347 g/mol. The van der Waals surface area contributed by atoms with Crippen molar-refractivity contribution in [2.75, 3.05) is 18.5 Å². The van der Waals surface area contributed by atoms with E-state index >= 15 is 0 Å². The number of rotatable bonds is 2. The Morgan fingerprint density at radius 3 is 2.68 bits per heavy atom. The second-order valence-electron chi connectivity index (χ2n) is 6.74. The smallest absolute Gasteiger partial charge is 0.163 e. The van der Waals surface area contributed by atoms with Gasteiger partial charge >= 0.3 is 0 Å². The van der Waals surface area contributed by atoms with Gasteiger partial charge in [0, 0.05) is 5.56 Å². The molecule has 0 bridgehead atoms. The molecule has 0 amide bonds. The highest BCUT2D eigenvalue weighted by molar-refractivity contribution is 5.73. The minimum Gasteiger partial charge on any atom is -0.484 e. The molecule has 6 heteroatoms. The zero-order chi connectivity index (χ0) is 17.6. The molecule has 2 atom stereocenters. The minimum atomic E-state index is -0.604. The molecule has 2 aromatic carbocycles. The summed E-state index contributed by atoms with van der Waals surface area (Å²) in [6.07, 6.45) is -0.331. The number of hydrogen-bond donors (Lipinski definition) is 1. The van der Waals surface area contributed by atoms with Crippen LogP contribution in [0.2, 0.25) is 0 Å². The first kappa shape index (κ1) is 16.3. The average molecular weight is 347 g/mol. The Hall–Kier alpha value is -2.18. The molecular weight excluding hydrogens is 328 g/mol. The van der Waals surface area contributed by atoms with Gasteiger partial charge in [0.25, 0.3) is 0 Å². The number of fused-ring (bicyclic) bond motifs is 1. The van der Waals surface area contributed by atoms with Gasteiger partial charge in [0.1, 0.15) is 29.6 Å². The maximum Gasteiger partial charge on any atom is 0.163 e. The standard InChI is InChI=1S/C19H19F2NO3/c1-19(2)23-10-18(25-19)17-9-22-15-7-11(3-6-16(15)24-17)13-8-12(20)4-5-14(13)21/h3-8,17-18,22H,9-10H2,1-2H3/t17-,18-/m1/s1. The van der Waals surface area contributed by atoms with Gasteiger partial charge in [-0.25, -0.2) is 8.78 Å². The number of benzene rings is 2. The molecular formula is C19H19F2NO3. The molecule has 2 aromatic rings. The third-order valence-corrected chi connectivity index (χ3v) is 4.44. The summed E-state index contributed by atoms with van der Waals surface area (Å²) in [4.78, 5) is 0. The quantitative estimate of drug-likeness (QED) is 0.893. The van der Waals surface area contributed by atoms with Crippen LogP contribution in [0.5, 0.6) is 5.75 Å². The Balaban J connectivity index is 1.56. The minimum absolute atomic E-state index is 0.156. The van der Waals surface area contributed by atoms with E-state index in [1.165, 1.54) is 6.07 Å². The third kappa shape index (κ3) is 3.19. The van der Waals surface area contributed by atoms with E-state index in [0.717, 1.165) is 17.8 Å². The first-order chi connectivity index (χ1) is 11.9. The molecule has 4 nitrogen and oxygen atoms in total. The zero-order valence-corrected chi connectivity index (χ0v) is 14.0. The highest BCUT2D eigenvalue weighted by Crippen LogP contribution is 2.36. The summed E-state index contributed by atoms with van der Waals surface area (Å²) < 4.78 is 44.9. The SMILES string of the molecule is CC1(C)OC[C@H]([C@H]2CNc3cc(-c4cc(F)ccc4F)ccc3O2)O1. The summed E-state index contributed by atoms with van der Waals surface area (Å²) in [7, 11) is 0. The molecule has 2 heterocycles. The Kier molecular flexibility index (Phi) is 3.89. The van der Waals surface area contributed by atoms with Crippen molar-refractivity contribution in [2.24, 2.45) is 0 Å². The van der Waals surface area contributed by atoms with Crippen molar-refractivity contribution in [3.63, 3.8) is 0 Å². The highest BCUT2D eigenvalue weighted by Gasteiger charge is 2.39. The second kappa shape index (κ2) is 5.97. The fraction of sp³-hybridized carbons (Fsp3) is 0.368. The molecule has 0 aromatic heterocycles. The molecule has 0 saturated carbocycles. The molecule has 132 valence electrons. The van der Waals surface area contributed by atoms with Crippen LogP contribution in [-0.2, 0) is 9.47 Å². The number of nitrogens with one attached hydrogen (secondary N) is 1. The van der Waals surface area contributed by atoms with Crippen LogP contribution in [0.1, 0.15) is 13.8 Å². The maximum absolute atomic E-state index is 14.0. The topological polar surface area (TPSA) is 39.7 Å². The van der Waals surface area contributed by atoms with Crippen molar-refractivity contribution in [3.05, 3.63) is 48.0 Å². The number of anilines is 1. The molecule has 0 spiro atoms. The van der Waals surface area contributed by atoms with Crippen LogP contribution in [0, 0.1) is 11.6 Å². The van der Waals surface area contributed by atoms with E-state index in [1.807, 2.05) is 13.8 Å². The summed E-state index contributed by atoms with van der Waals surface area (Å²) >= 11 is 0. The second-order valence-corrected chi connectivity index (χ2v) is 6.74. The molecule has 0 unspecified atom stereocenters. The van der Waals surface area contributed by atoms with E-state index < -0.39 is 17.4 Å². The van der Waals surface area contributed by atoms with Gasteiger partial charge in [0.05, 0.1) is 18.8 Å². The molecule has 2 aliphatic rings. The van der Waals surface area contributed by atoms with Crippen molar-refractivity contribution in [1.29, 1.82) is 0 Å². The van der Waals surface area contributed by atoms with Crippen molar-refractivity contribution < 1.29 is 23.0 Å².